The Labute approximate surface area is 168 Å². The van der Waals surface area contributed by atoms with Gasteiger partial charge in [0.25, 0.3) is 5.91 Å². The number of nitriles is 1. The number of hydrogen-bond donors (Lipinski definition) is 3. The first-order chi connectivity index (χ1) is 13.7. The molecular formula is C19H19ClN6O2. The van der Waals surface area contributed by atoms with Gasteiger partial charge in [0.05, 0.1) is 36.0 Å². The van der Waals surface area contributed by atoms with Crippen LogP contribution >= 0.6 is 11.6 Å². The van der Waals surface area contributed by atoms with Gasteiger partial charge in [0, 0.05) is 17.8 Å². The van der Waals surface area contributed by atoms with Gasteiger partial charge in [-0.2, -0.15) is 15.5 Å². The lowest BCUT2D eigenvalue weighted by Crippen LogP contribution is -2.36. The zero-order chi connectivity index (χ0) is 21.2. The highest BCUT2D eigenvalue weighted by molar-refractivity contribution is 6.32. The van der Waals surface area contributed by atoms with Crippen LogP contribution in [0.4, 0.5) is 0 Å². The van der Waals surface area contributed by atoms with Gasteiger partial charge >= 0.3 is 0 Å². The summed E-state index contributed by atoms with van der Waals surface area (Å²) in [6.07, 6.45) is -0.0645. The number of carbonyl (C=O) groups is 1. The Morgan fingerprint density at radius 2 is 2.25 bits per heavy atom. The highest BCUT2D eigenvalue weighted by Crippen LogP contribution is 2.24. The fraction of sp³-hybridized carbons (Fsp3) is 0.263. The standard InChI is InChI=1S/C19H19ClN6O2/c1-11(22-19(28)18-8-17(12(2)27)23-24-18)10-26-6-5-16(25-26)13-3-4-14(9-21)15(20)7-13/h3-8,11-12,27H,10H2,1-2H3,(H,22,28)(H,23,24)/t11-,12?/m0/s1/i12D. The van der Waals surface area contributed by atoms with E-state index in [2.05, 4.69) is 20.6 Å². The van der Waals surface area contributed by atoms with Crippen LogP contribution in [0.2, 0.25) is 5.02 Å². The van der Waals surface area contributed by atoms with E-state index in [0.717, 1.165) is 5.56 Å². The van der Waals surface area contributed by atoms with Crippen LogP contribution in [0.15, 0.2) is 36.5 Å². The number of carbonyl (C=O) groups excluding carboxylic acids is 1. The van der Waals surface area contributed by atoms with Gasteiger partial charge in [0.1, 0.15) is 11.8 Å². The van der Waals surface area contributed by atoms with Gasteiger partial charge < -0.3 is 10.4 Å². The number of rotatable bonds is 6. The Balaban J connectivity index is 1.64. The monoisotopic (exact) mass is 399 g/mol. The van der Waals surface area contributed by atoms with Crippen molar-refractivity contribution in [2.24, 2.45) is 0 Å². The van der Waals surface area contributed by atoms with Crippen LogP contribution in [-0.2, 0) is 6.54 Å². The van der Waals surface area contributed by atoms with E-state index in [9.17, 15) is 9.90 Å². The van der Waals surface area contributed by atoms with Crippen molar-refractivity contribution in [3.8, 4) is 17.3 Å². The summed E-state index contributed by atoms with van der Waals surface area (Å²) in [4.78, 5) is 12.3. The maximum absolute atomic E-state index is 12.3. The maximum atomic E-state index is 12.3. The fourth-order valence-electron chi connectivity index (χ4n) is 2.63. The molecule has 0 fully saturated rings. The molecule has 3 rings (SSSR count). The van der Waals surface area contributed by atoms with Crippen LogP contribution in [-0.4, -0.2) is 37.0 Å². The molecule has 1 aromatic carbocycles. The SMILES string of the molecule is [2H]C(C)(O)c1cc(C(=O)N[C@@H](C)Cn2ccc(-c3ccc(C#N)c(Cl)c3)n2)n[nH]1. The van der Waals surface area contributed by atoms with E-state index in [1.54, 1.807) is 29.1 Å². The molecule has 0 aliphatic carbocycles. The quantitative estimate of drug-likeness (QED) is 0.588. The maximum Gasteiger partial charge on any atom is 0.272 e. The van der Waals surface area contributed by atoms with Gasteiger partial charge in [-0.15, -0.1) is 0 Å². The van der Waals surface area contributed by atoms with E-state index in [1.807, 2.05) is 19.1 Å². The predicted molar refractivity (Wildman–Crippen MR) is 104 cm³/mol. The molecule has 2 atom stereocenters. The van der Waals surface area contributed by atoms with E-state index in [1.165, 1.54) is 13.0 Å². The Morgan fingerprint density at radius 1 is 1.46 bits per heavy atom. The van der Waals surface area contributed by atoms with Gasteiger partial charge in [0.15, 0.2) is 0 Å². The third-order valence-corrected chi connectivity index (χ3v) is 4.38. The molecule has 0 aliphatic heterocycles. The average Bonchev–Trinajstić information content (AvgIpc) is 3.31. The number of benzene rings is 1. The molecule has 3 N–H and O–H groups in total. The molecule has 144 valence electrons. The summed E-state index contributed by atoms with van der Waals surface area (Å²) in [6.45, 7) is 3.52. The minimum Gasteiger partial charge on any atom is -0.387 e. The zero-order valence-corrected chi connectivity index (χ0v) is 16.0. The summed E-state index contributed by atoms with van der Waals surface area (Å²) in [5, 5.41) is 32.6. The van der Waals surface area contributed by atoms with E-state index in [0.29, 0.717) is 22.8 Å². The minimum absolute atomic E-state index is 0.0905. The molecule has 2 aromatic heterocycles. The van der Waals surface area contributed by atoms with Crippen LogP contribution in [0.1, 0.15) is 43.0 Å². The third-order valence-electron chi connectivity index (χ3n) is 4.06. The number of halogens is 1. The number of nitrogens with zero attached hydrogens (tertiary/aromatic N) is 4. The second-order valence-corrected chi connectivity index (χ2v) is 6.76. The largest absolute Gasteiger partial charge is 0.387 e. The first-order valence-electron chi connectivity index (χ1n) is 9.00. The first-order valence-corrected chi connectivity index (χ1v) is 8.88. The number of amides is 1. The number of aliphatic hydroxyl groups is 1. The lowest BCUT2D eigenvalue weighted by Gasteiger charge is -2.13. The minimum atomic E-state index is -1.85. The summed E-state index contributed by atoms with van der Waals surface area (Å²) < 4.78 is 9.23. The van der Waals surface area contributed by atoms with Crippen molar-refractivity contribution in [3.63, 3.8) is 0 Å². The van der Waals surface area contributed by atoms with E-state index >= 15 is 0 Å². The predicted octanol–water partition coefficient (Wildman–Crippen LogP) is 2.67. The summed E-state index contributed by atoms with van der Waals surface area (Å²) in [6, 6.07) is 10.0. The molecule has 3 aromatic rings. The fourth-order valence-corrected chi connectivity index (χ4v) is 2.85. The van der Waals surface area contributed by atoms with Gasteiger partial charge in [-0.1, -0.05) is 17.7 Å². The topological polar surface area (TPSA) is 120 Å². The molecule has 28 heavy (non-hydrogen) atoms. The van der Waals surface area contributed by atoms with Crippen molar-refractivity contribution in [3.05, 3.63) is 58.5 Å². The molecule has 0 radical (unpaired) electrons. The molecule has 9 heteroatoms. The Hall–Kier alpha value is -3.15. The summed E-state index contributed by atoms with van der Waals surface area (Å²) in [7, 11) is 0. The number of aromatic nitrogens is 4. The van der Waals surface area contributed by atoms with Crippen molar-refractivity contribution in [2.75, 3.05) is 0 Å². The van der Waals surface area contributed by atoms with Crippen LogP contribution in [0.3, 0.4) is 0 Å². The first kappa shape index (κ1) is 18.2. The lowest BCUT2D eigenvalue weighted by atomic mass is 10.1. The molecule has 1 amide bonds. The molecule has 0 saturated carbocycles. The van der Waals surface area contributed by atoms with Crippen molar-refractivity contribution in [1.82, 2.24) is 25.3 Å². The summed E-state index contributed by atoms with van der Waals surface area (Å²) >= 11 is 6.08. The van der Waals surface area contributed by atoms with Crippen molar-refractivity contribution in [2.45, 2.75) is 32.5 Å². The molecule has 0 aliphatic rings. The summed E-state index contributed by atoms with van der Waals surface area (Å²) in [5.41, 5.74) is 2.11. The van der Waals surface area contributed by atoms with Crippen LogP contribution in [0.25, 0.3) is 11.3 Å². The number of H-pyrrole nitrogens is 1. The number of aromatic amines is 1. The molecule has 8 nitrogen and oxygen atoms in total. The Kier molecular flexibility index (Phi) is 5.37. The molecule has 0 spiro atoms. The highest BCUT2D eigenvalue weighted by atomic mass is 35.5. The third kappa shape index (κ3) is 4.39. The van der Waals surface area contributed by atoms with Gasteiger partial charge in [-0.3, -0.25) is 14.6 Å². The van der Waals surface area contributed by atoms with E-state index in [4.69, 9.17) is 18.2 Å². The molecule has 2 heterocycles. The smallest absolute Gasteiger partial charge is 0.272 e. The van der Waals surface area contributed by atoms with Crippen LogP contribution in [0.5, 0.6) is 0 Å². The number of nitrogens with one attached hydrogen (secondary N) is 2. The second kappa shape index (κ2) is 8.25. The summed E-state index contributed by atoms with van der Waals surface area (Å²) in [5.74, 6) is -0.421. The Morgan fingerprint density at radius 3 is 2.89 bits per heavy atom. The molecular weight excluding hydrogens is 380 g/mol. The molecule has 0 bridgehead atoms. The number of hydrogen-bond acceptors (Lipinski definition) is 5. The zero-order valence-electron chi connectivity index (χ0n) is 16.3. The highest BCUT2D eigenvalue weighted by Gasteiger charge is 2.16. The van der Waals surface area contributed by atoms with Gasteiger partial charge in [-0.05, 0) is 38.1 Å². The normalized spacial score (nSPS) is 14.6. The Bertz CT molecular complexity index is 1080. The van der Waals surface area contributed by atoms with Crippen molar-refractivity contribution >= 4 is 17.5 Å². The van der Waals surface area contributed by atoms with E-state index in [-0.39, 0.29) is 17.4 Å². The van der Waals surface area contributed by atoms with Gasteiger partial charge in [0.2, 0.25) is 0 Å². The molecule has 1 unspecified atom stereocenters. The average molecular weight is 400 g/mol. The van der Waals surface area contributed by atoms with Crippen LogP contribution in [0, 0.1) is 11.3 Å². The van der Waals surface area contributed by atoms with Crippen molar-refractivity contribution < 1.29 is 11.3 Å². The van der Waals surface area contributed by atoms with Crippen LogP contribution < -0.4 is 5.32 Å². The molecule has 0 saturated heterocycles. The van der Waals surface area contributed by atoms with Gasteiger partial charge in [-0.25, -0.2) is 0 Å². The lowest BCUT2D eigenvalue weighted by molar-refractivity contribution is 0.0931. The van der Waals surface area contributed by atoms with E-state index < -0.39 is 12.0 Å². The van der Waals surface area contributed by atoms with Crippen molar-refractivity contribution in [1.29, 1.82) is 5.26 Å². The second-order valence-electron chi connectivity index (χ2n) is 6.36.